The molecule has 0 aliphatic carbocycles. The van der Waals surface area contributed by atoms with Crippen molar-refractivity contribution in [2.45, 2.75) is 12.5 Å². The van der Waals surface area contributed by atoms with Gasteiger partial charge in [-0.25, -0.2) is 0 Å². The maximum absolute atomic E-state index is 12.5. The summed E-state index contributed by atoms with van der Waals surface area (Å²) in [5.74, 6) is -0.391. The highest BCUT2D eigenvalue weighted by atomic mass is 79.9. The number of ether oxygens (including phenoxy) is 1. The van der Waals surface area contributed by atoms with Gasteiger partial charge in [0.25, 0.3) is 11.8 Å². The normalized spacial score (nSPS) is 15.2. The van der Waals surface area contributed by atoms with E-state index < -0.39 is 0 Å². The van der Waals surface area contributed by atoms with E-state index in [1.165, 1.54) is 5.56 Å². The van der Waals surface area contributed by atoms with Crippen LogP contribution in [0.25, 0.3) is 0 Å². The molecule has 1 heterocycles. The fourth-order valence-electron chi connectivity index (χ4n) is 3.48. The van der Waals surface area contributed by atoms with Crippen molar-refractivity contribution in [1.82, 2.24) is 5.32 Å². The highest BCUT2D eigenvalue weighted by Gasteiger charge is 2.21. The molecule has 152 valence electrons. The molecular weight excluding hydrogens is 444 g/mol. The van der Waals surface area contributed by atoms with Crippen LogP contribution >= 0.6 is 15.9 Å². The molecule has 2 N–H and O–H groups in total. The Morgan fingerprint density at radius 1 is 0.933 bits per heavy atom. The van der Waals surface area contributed by atoms with Gasteiger partial charge in [0.1, 0.15) is 6.10 Å². The van der Waals surface area contributed by atoms with E-state index in [2.05, 4.69) is 32.6 Å². The van der Waals surface area contributed by atoms with Crippen molar-refractivity contribution in [3.8, 4) is 0 Å². The van der Waals surface area contributed by atoms with Crippen LogP contribution in [0, 0.1) is 0 Å². The molecule has 0 saturated heterocycles. The number of anilines is 1. The van der Waals surface area contributed by atoms with Crippen LogP contribution in [0.15, 0.2) is 77.3 Å². The molecule has 2 amide bonds. The molecule has 3 aromatic carbocycles. The first-order valence-corrected chi connectivity index (χ1v) is 10.5. The molecule has 4 rings (SSSR count). The predicted molar refractivity (Wildman–Crippen MR) is 120 cm³/mol. The standard InChI is InChI=1S/C24H21BrN2O3/c25-21-8-4-3-7-20(21)24(29)27-18-11-9-17(10-12-18)23(28)26-15-22-19-6-2-1-5-16(19)13-14-30-22/h1-12,22H,13-15H2,(H,26,28)(H,27,29). The van der Waals surface area contributed by atoms with Gasteiger partial charge in [-0.15, -0.1) is 0 Å². The van der Waals surface area contributed by atoms with Gasteiger partial charge in [0.05, 0.1) is 12.2 Å². The van der Waals surface area contributed by atoms with Crippen LogP contribution in [0.3, 0.4) is 0 Å². The van der Waals surface area contributed by atoms with Crippen molar-refractivity contribution in [2.24, 2.45) is 0 Å². The zero-order chi connectivity index (χ0) is 20.9. The summed E-state index contributed by atoms with van der Waals surface area (Å²) in [4.78, 5) is 24.9. The van der Waals surface area contributed by atoms with E-state index in [1.54, 1.807) is 30.3 Å². The molecule has 1 aliphatic heterocycles. The van der Waals surface area contributed by atoms with Crippen LogP contribution in [0.4, 0.5) is 5.69 Å². The predicted octanol–water partition coefficient (Wildman–Crippen LogP) is 4.75. The maximum atomic E-state index is 12.5. The SMILES string of the molecule is O=C(NCC1OCCc2ccccc21)c1ccc(NC(=O)c2ccccc2Br)cc1. The lowest BCUT2D eigenvalue weighted by molar-refractivity contribution is 0.0411. The molecule has 1 aliphatic rings. The summed E-state index contributed by atoms with van der Waals surface area (Å²) < 4.78 is 6.57. The minimum Gasteiger partial charge on any atom is -0.371 e. The van der Waals surface area contributed by atoms with Gasteiger partial charge in [0.15, 0.2) is 0 Å². The van der Waals surface area contributed by atoms with Gasteiger partial charge < -0.3 is 15.4 Å². The lowest BCUT2D eigenvalue weighted by atomic mass is 9.97. The Hall–Kier alpha value is -2.96. The molecule has 0 radical (unpaired) electrons. The van der Waals surface area contributed by atoms with E-state index >= 15 is 0 Å². The van der Waals surface area contributed by atoms with Gasteiger partial charge in [-0.3, -0.25) is 9.59 Å². The van der Waals surface area contributed by atoms with Crippen LogP contribution in [0.2, 0.25) is 0 Å². The molecule has 1 atom stereocenters. The number of carbonyl (C=O) groups is 2. The van der Waals surface area contributed by atoms with E-state index in [1.807, 2.05) is 36.4 Å². The second-order valence-corrected chi connectivity index (χ2v) is 7.88. The lowest BCUT2D eigenvalue weighted by Gasteiger charge is -2.26. The van der Waals surface area contributed by atoms with Gasteiger partial charge in [0.2, 0.25) is 0 Å². The highest BCUT2D eigenvalue weighted by molar-refractivity contribution is 9.10. The van der Waals surface area contributed by atoms with Crippen LogP contribution in [-0.2, 0) is 11.2 Å². The van der Waals surface area contributed by atoms with Crippen LogP contribution in [-0.4, -0.2) is 25.0 Å². The first kappa shape index (κ1) is 20.3. The third-order valence-electron chi connectivity index (χ3n) is 5.06. The Morgan fingerprint density at radius 3 is 2.47 bits per heavy atom. The third-order valence-corrected chi connectivity index (χ3v) is 5.76. The topological polar surface area (TPSA) is 67.4 Å². The van der Waals surface area contributed by atoms with Crippen LogP contribution in [0.1, 0.15) is 37.9 Å². The van der Waals surface area contributed by atoms with Gasteiger partial charge >= 0.3 is 0 Å². The number of rotatable bonds is 5. The number of benzene rings is 3. The molecule has 0 spiro atoms. The lowest BCUT2D eigenvalue weighted by Crippen LogP contribution is -2.31. The first-order chi connectivity index (χ1) is 14.6. The van der Waals surface area contributed by atoms with E-state index in [0.717, 1.165) is 16.5 Å². The van der Waals surface area contributed by atoms with Crippen LogP contribution in [0.5, 0.6) is 0 Å². The molecule has 0 saturated carbocycles. The number of carbonyl (C=O) groups excluding carboxylic acids is 2. The van der Waals surface area contributed by atoms with Crippen molar-refractivity contribution in [1.29, 1.82) is 0 Å². The Balaban J connectivity index is 1.36. The number of hydrogen-bond donors (Lipinski definition) is 2. The fourth-order valence-corrected chi connectivity index (χ4v) is 3.95. The molecule has 0 fully saturated rings. The Bertz CT molecular complexity index is 1070. The summed E-state index contributed by atoms with van der Waals surface area (Å²) in [5.41, 5.74) is 4.10. The molecule has 0 bridgehead atoms. The Kier molecular flexibility index (Phi) is 6.26. The number of nitrogens with one attached hydrogen (secondary N) is 2. The highest BCUT2D eigenvalue weighted by Crippen LogP contribution is 2.26. The fraction of sp³-hybridized carbons (Fsp3) is 0.167. The monoisotopic (exact) mass is 464 g/mol. The first-order valence-electron chi connectivity index (χ1n) is 9.75. The minimum absolute atomic E-state index is 0.137. The average Bonchev–Trinajstić information content (AvgIpc) is 2.78. The minimum atomic E-state index is -0.215. The van der Waals surface area contributed by atoms with Crippen molar-refractivity contribution in [2.75, 3.05) is 18.5 Å². The summed E-state index contributed by atoms with van der Waals surface area (Å²) >= 11 is 3.38. The summed E-state index contributed by atoms with van der Waals surface area (Å²) in [6.45, 7) is 1.07. The summed E-state index contributed by atoms with van der Waals surface area (Å²) in [7, 11) is 0. The van der Waals surface area contributed by atoms with Crippen molar-refractivity contribution in [3.63, 3.8) is 0 Å². The molecule has 3 aromatic rings. The van der Waals surface area contributed by atoms with Crippen molar-refractivity contribution >= 4 is 33.4 Å². The van der Waals surface area contributed by atoms with E-state index in [9.17, 15) is 9.59 Å². The Morgan fingerprint density at radius 2 is 1.67 bits per heavy atom. The third kappa shape index (κ3) is 4.61. The smallest absolute Gasteiger partial charge is 0.256 e. The second-order valence-electron chi connectivity index (χ2n) is 7.03. The van der Waals surface area contributed by atoms with Crippen LogP contribution < -0.4 is 10.6 Å². The molecule has 0 aromatic heterocycles. The molecule has 30 heavy (non-hydrogen) atoms. The van der Waals surface area contributed by atoms with E-state index in [4.69, 9.17) is 4.74 Å². The summed E-state index contributed by atoms with van der Waals surface area (Å²) in [6.07, 6.45) is 0.759. The zero-order valence-corrected chi connectivity index (χ0v) is 17.8. The molecule has 1 unspecified atom stereocenters. The molecule has 6 heteroatoms. The van der Waals surface area contributed by atoms with Gasteiger partial charge in [0, 0.05) is 22.3 Å². The van der Waals surface area contributed by atoms with Gasteiger partial charge in [-0.2, -0.15) is 0 Å². The number of hydrogen-bond acceptors (Lipinski definition) is 3. The summed E-state index contributed by atoms with van der Waals surface area (Å²) in [6, 6.07) is 22.2. The van der Waals surface area contributed by atoms with Gasteiger partial charge in [-0.1, -0.05) is 36.4 Å². The number of amides is 2. The van der Waals surface area contributed by atoms with E-state index in [0.29, 0.717) is 30.0 Å². The number of halogens is 1. The van der Waals surface area contributed by atoms with Gasteiger partial charge in [-0.05, 0) is 69.9 Å². The van der Waals surface area contributed by atoms with Crippen molar-refractivity contribution in [3.05, 3.63) is 99.5 Å². The quantitative estimate of drug-likeness (QED) is 0.572. The number of fused-ring (bicyclic) bond motifs is 1. The van der Waals surface area contributed by atoms with Crippen molar-refractivity contribution < 1.29 is 14.3 Å². The zero-order valence-electron chi connectivity index (χ0n) is 16.2. The van der Waals surface area contributed by atoms with E-state index in [-0.39, 0.29) is 17.9 Å². The average molecular weight is 465 g/mol. The Labute approximate surface area is 183 Å². The largest absolute Gasteiger partial charge is 0.371 e. The molecule has 5 nitrogen and oxygen atoms in total. The second kappa shape index (κ2) is 9.24. The molecular formula is C24H21BrN2O3. The summed E-state index contributed by atoms with van der Waals surface area (Å²) in [5, 5.41) is 5.78. The maximum Gasteiger partial charge on any atom is 0.256 e.